The normalized spacial score (nSPS) is 29.0. The average Bonchev–Trinajstić information content (AvgIpc) is 2.34. The van der Waals surface area contributed by atoms with E-state index in [1.54, 1.807) is 7.11 Å². The van der Waals surface area contributed by atoms with Gasteiger partial charge in [-0.3, -0.25) is 0 Å². The largest absolute Gasteiger partial charge is 0.496 e. The third-order valence-electron chi connectivity index (χ3n) is 3.92. The van der Waals surface area contributed by atoms with Crippen LogP contribution in [0.4, 0.5) is 0 Å². The maximum Gasteiger partial charge on any atom is 0.122 e. The van der Waals surface area contributed by atoms with Gasteiger partial charge in [0.25, 0.3) is 0 Å². The lowest BCUT2D eigenvalue weighted by molar-refractivity contribution is -0.00707. The van der Waals surface area contributed by atoms with Crippen LogP contribution < -0.4 is 4.74 Å². The highest BCUT2D eigenvalue weighted by Gasteiger charge is 2.32. The minimum atomic E-state index is -0.527. The zero-order valence-corrected chi connectivity index (χ0v) is 10.8. The smallest absolute Gasteiger partial charge is 0.122 e. The lowest BCUT2D eigenvalue weighted by Gasteiger charge is -2.35. The van der Waals surface area contributed by atoms with E-state index < -0.39 is 5.60 Å². The number of para-hydroxylation sites is 1. The van der Waals surface area contributed by atoms with Crippen LogP contribution in [0.5, 0.6) is 5.75 Å². The van der Waals surface area contributed by atoms with Crippen LogP contribution in [-0.2, 0) is 6.42 Å². The summed E-state index contributed by atoms with van der Waals surface area (Å²) in [5, 5.41) is 10.6. The molecule has 1 aliphatic rings. The van der Waals surface area contributed by atoms with E-state index in [-0.39, 0.29) is 0 Å². The summed E-state index contributed by atoms with van der Waals surface area (Å²) >= 11 is 0. The first kappa shape index (κ1) is 12.4. The fraction of sp³-hybridized carbons (Fsp3) is 0.600. The molecule has 0 spiro atoms. The fourth-order valence-electron chi connectivity index (χ4n) is 2.68. The van der Waals surface area contributed by atoms with Crippen molar-refractivity contribution in [2.75, 3.05) is 7.11 Å². The Morgan fingerprint density at radius 1 is 1.29 bits per heavy atom. The minimum absolute atomic E-state index is 0.527. The monoisotopic (exact) mass is 234 g/mol. The van der Waals surface area contributed by atoms with Crippen LogP contribution in [0.2, 0.25) is 0 Å². The van der Waals surface area contributed by atoms with Crippen LogP contribution >= 0.6 is 0 Å². The Balaban J connectivity index is 2.09. The minimum Gasteiger partial charge on any atom is -0.496 e. The highest BCUT2D eigenvalue weighted by molar-refractivity contribution is 5.34. The summed E-state index contributed by atoms with van der Waals surface area (Å²) in [5.41, 5.74) is 0.591. The average molecular weight is 234 g/mol. The SMILES string of the molecule is COc1ccccc1CC1(O)CCC(C)CC1. The van der Waals surface area contributed by atoms with Crippen LogP contribution in [0.25, 0.3) is 0 Å². The van der Waals surface area contributed by atoms with Crippen LogP contribution in [0.15, 0.2) is 24.3 Å². The van der Waals surface area contributed by atoms with E-state index in [2.05, 4.69) is 13.0 Å². The van der Waals surface area contributed by atoms with Crippen molar-refractivity contribution >= 4 is 0 Å². The van der Waals surface area contributed by atoms with E-state index in [1.165, 1.54) is 0 Å². The molecular formula is C15H22O2. The summed E-state index contributed by atoms with van der Waals surface area (Å²) in [5.74, 6) is 1.65. The third kappa shape index (κ3) is 3.01. The lowest BCUT2D eigenvalue weighted by Crippen LogP contribution is -2.35. The Kier molecular flexibility index (Phi) is 3.72. The van der Waals surface area contributed by atoms with Gasteiger partial charge < -0.3 is 9.84 Å². The van der Waals surface area contributed by atoms with Crippen molar-refractivity contribution in [2.45, 2.75) is 44.6 Å². The zero-order valence-electron chi connectivity index (χ0n) is 10.8. The van der Waals surface area contributed by atoms with E-state index in [4.69, 9.17) is 4.74 Å². The maximum absolute atomic E-state index is 10.6. The summed E-state index contributed by atoms with van der Waals surface area (Å²) in [6.07, 6.45) is 4.79. The summed E-state index contributed by atoms with van der Waals surface area (Å²) in [6.45, 7) is 2.27. The molecule has 17 heavy (non-hydrogen) atoms. The first-order valence-electron chi connectivity index (χ1n) is 6.47. The topological polar surface area (TPSA) is 29.5 Å². The third-order valence-corrected chi connectivity index (χ3v) is 3.92. The van der Waals surface area contributed by atoms with Crippen molar-refractivity contribution in [3.8, 4) is 5.75 Å². The quantitative estimate of drug-likeness (QED) is 0.870. The molecule has 1 aliphatic carbocycles. The van der Waals surface area contributed by atoms with Crippen molar-refractivity contribution in [2.24, 2.45) is 5.92 Å². The Morgan fingerprint density at radius 3 is 2.59 bits per heavy atom. The number of aliphatic hydroxyl groups is 1. The molecule has 0 amide bonds. The number of methoxy groups -OCH3 is 1. The van der Waals surface area contributed by atoms with Gasteiger partial charge in [-0.1, -0.05) is 25.1 Å². The van der Waals surface area contributed by atoms with E-state index >= 15 is 0 Å². The second-order valence-electron chi connectivity index (χ2n) is 5.40. The molecular weight excluding hydrogens is 212 g/mol. The Hall–Kier alpha value is -1.02. The van der Waals surface area contributed by atoms with E-state index in [0.29, 0.717) is 6.42 Å². The van der Waals surface area contributed by atoms with E-state index in [1.807, 2.05) is 18.2 Å². The molecule has 2 rings (SSSR count). The molecule has 2 nitrogen and oxygen atoms in total. The summed E-state index contributed by atoms with van der Waals surface area (Å²) in [6, 6.07) is 7.99. The number of hydrogen-bond acceptors (Lipinski definition) is 2. The summed E-state index contributed by atoms with van der Waals surface area (Å²) in [7, 11) is 1.69. The molecule has 0 bridgehead atoms. The van der Waals surface area contributed by atoms with Gasteiger partial charge in [-0.25, -0.2) is 0 Å². The zero-order chi connectivity index (χ0) is 12.3. The molecule has 0 aromatic heterocycles. The summed E-state index contributed by atoms with van der Waals surface area (Å²) < 4.78 is 5.34. The van der Waals surface area contributed by atoms with Gasteiger partial charge in [0.05, 0.1) is 12.7 Å². The van der Waals surface area contributed by atoms with Crippen LogP contribution in [0.3, 0.4) is 0 Å². The molecule has 1 fully saturated rings. The molecule has 94 valence electrons. The van der Waals surface area contributed by atoms with Gasteiger partial charge in [-0.05, 0) is 43.2 Å². The van der Waals surface area contributed by atoms with Crippen molar-refractivity contribution in [1.29, 1.82) is 0 Å². The second-order valence-corrected chi connectivity index (χ2v) is 5.40. The molecule has 2 heteroatoms. The molecule has 0 saturated heterocycles. The van der Waals surface area contributed by atoms with Gasteiger partial charge in [-0.15, -0.1) is 0 Å². The van der Waals surface area contributed by atoms with Gasteiger partial charge in [0.1, 0.15) is 5.75 Å². The second kappa shape index (κ2) is 5.09. The molecule has 0 atom stereocenters. The fourth-order valence-corrected chi connectivity index (χ4v) is 2.68. The van der Waals surface area contributed by atoms with Gasteiger partial charge >= 0.3 is 0 Å². The standard InChI is InChI=1S/C15H22O2/c1-12-7-9-15(16,10-8-12)11-13-5-3-4-6-14(13)17-2/h3-6,12,16H,7-11H2,1-2H3. The van der Waals surface area contributed by atoms with Crippen molar-refractivity contribution in [3.05, 3.63) is 29.8 Å². The molecule has 1 aromatic carbocycles. The molecule has 0 radical (unpaired) electrons. The number of hydrogen-bond donors (Lipinski definition) is 1. The molecule has 0 aliphatic heterocycles. The predicted molar refractivity (Wildman–Crippen MR) is 69.3 cm³/mol. The predicted octanol–water partition coefficient (Wildman–Crippen LogP) is 3.18. The van der Waals surface area contributed by atoms with Crippen molar-refractivity contribution in [1.82, 2.24) is 0 Å². The number of ether oxygens (including phenoxy) is 1. The van der Waals surface area contributed by atoms with Crippen LogP contribution in [0, 0.1) is 5.92 Å². The molecule has 1 N–H and O–H groups in total. The number of rotatable bonds is 3. The first-order valence-corrected chi connectivity index (χ1v) is 6.47. The first-order chi connectivity index (χ1) is 8.13. The van der Waals surface area contributed by atoms with Crippen molar-refractivity contribution in [3.63, 3.8) is 0 Å². The highest BCUT2D eigenvalue weighted by atomic mass is 16.5. The molecule has 0 heterocycles. The lowest BCUT2D eigenvalue weighted by atomic mass is 9.76. The van der Waals surface area contributed by atoms with Gasteiger partial charge in [0.2, 0.25) is 0 Å². The molecule has 1 aromatic rings. The number of benzene rings is 1. The summed E-state index contributed by atoms with van der Waals surface area (Å²) in [4.78, 5) is 0. The Bertz CT molecular complexity index is 365. The van der Waals surface area contributed by atoms with Gasteiger partial charge in [0.15, 0.2) is 0 Å². The van der Waals surface area contributed by atoms with Crippen LogP contribution in [-0.4, -0.2) is 17.8 Å². The van der Waals surface area contributed by atoms with Gasteiger partial charge in [0, 0.05) is 6.42 Å². The maximum atomic E-state index is 10.6. The van der Waals surface area contributed by atoms with Crippen LogP contribution in [0.1, 0.15) is 38.2 Å². The Labute approximate surface area is 104 Å². The molecule has 1 saturated carbocycles. The van der Waals surface area contributed by atoms with E-state index in [0.717, 1.165) is 42.9 Å². The van der Waals surface area contributed by atoms with E-state index in [9.17, 15) is 5.11 Å². The van der Waals surface area contributed by atoms with Gasteiger partial charge in [-0.2, -0.15) is 0 Å². The molecule has 0 unspecified atom stereocenters. The highest BCUT2D eigenvalue weighted by Crippen LogP contribution is 2.35. The van der Waals surface area contributed by atoms with Crippen molar-refractivity contribution < 1.29 is 9.84 Å². The Morgan fingerprint density at radius 2 is 1.94 bits per heavy atom.